The molecule has 19 heavy (non-hydrogen) atoms. The highest BCUT2D eigenvalue weighted by Gasteiger charge is 2.48. The van der Waals surface area contributed by atoms with Gasteiger partial charge >= 0.3 is 12.0 Å². The smallest absolute Gasteiger partial charge is 0.329 e. The van der Waals surface area contributed by atoms with Crippen LogP contribution in [0.25, 0.3) is 0 Å². The van der Waals surface area contributed by atoms with Crippen molar-refractivity contribution in [3.63, 3.8) is 0 Å². The molecule has 1 aliphatic rings. The third-order valence-electron chi connectivity index (χ3n) is 3.49. The normalized spacial score (nSPS) is 22.1. The number of hydrogen-bond acceptors (Lipinski definition) is 3. The molecule has 1 aliphatic heterocycles. The van der Waals surface area contributed by atoms with E-state index in [4.69, 9.17) is 0 Å². The molecule has 0 radical (unpaired) electrons. The minimum atomic E-state index is -1.09. The van der Waals surface area contributed by atoms with E-state index in [0.717, 1.165) is 0 Å². The molecule has 0 aromatic carbocycles. The van der Waals surface area contributed by atoms with Gasteiger partial charge in [-0.1, -0.05) is 6.92 Å². The molecule has 0 aromatic heterocycles. The minimum absolute atomic E-state index is 0.163. The van der Waals surface area contributed by atoms with Crippen molar-refractivity contribution in [2.75, 3.05) is 19.6 Å². The van der Waals surface area contributed by atoms with Crippen molar-refractivity contribution >= 4 is 17.9 Å². The summed E-state index contributed by atoms with van der Waals surface area (Å²) in [5.74, 6) is -1.12. The topological polar surface area (TPSA) is 98.7 Å². The molecular formula is C12H21N3O4. The van der Waals surface area contributed by atoms with Crippen LogP contribution >= 0.6 is 0 Å². The van der Waals surface area contributed by atoms with Gasteiger partial charge in [0.25, 0.3) is 0 Å². The summed E-state index contributed by atoms with van der Waals surface area (Å²) in [4.78, 5) is 35.5. The van der Waals surface area contributed by atoms with Crippen molar-refractivity contribution in [3.8, 4) is 0 Å². The first-order chi connectivity index (χ1) is 8.94. The molecule has 1 rings (SSSR count). The van der Waals surface area contributed by atoms with E-state index in [2.05, 4.69) is 10.6 Å². The van der Waals surface area contributed by atoms with Crippen LogP contribution in [0.4, 0.5) is 4.79 Å². The van der Waals surface area contributed by atoms with Gasteiger partial charge in [0.1, 0.15) is 5.54 Å². The Bertz CT molecular complexity index is 372. The highest BCUT2D eigenvalue weighted by Crippen LogP contribution is 2.32. The summed E-state index contributed by atoms with van der Waals surface area (Å²) < 4.78 is 0. The molecule has 1 heterocycles. The van der Waals surface area contributed by atoms with Crippen molar-refractivity contribution in [3.05, 3.63) is 0 Å². The summed E-state index contributed by atoms with van der Waals surface area (Å²) in [5.41, 5.74) is -1.09. The fourth-order valence-electron chi connectivity index (χ4n) is 2.42. The van der Waals surface area contributed by atoms with E-state index < -0.39 is 11.5 Å². The molecule has 1 atom stereocenters. The Kier molecular flexibility index (Phi) is 5.14. The maximum Gasteiger partial charge on any atom is 0.329 e. The maximum atomic E-state index is 12.0. The third kappa shape index (κ3) is 3.36. The number of carboxylic acid groups (broad SMARTS) is 1. The van der Waals surface area contributed by atoms with Crippen molar-refractivity contribution in [1.29, 1.82) is 0 Å². The number of carboxylic acids is 1. The second kappa shape index (κ2) is 6.40. The zero-order valence-electron chi connectivity index (χ0n) is 11.4. The number of carbonyl (C=O) groups is 3. The van der Waals surface area contributed by atoms with E-state index in [-0.39, 0.29) is 18.5 Å². The molecule has 7 heteroatoms. The van der Waals surface area contributed by atoms with Crippen LogP contribution < -0.4 is 10.6 Å². The third-order valence-corrected chi connectivity index (χ3v) is 3.49. The summed E-state index contributed by atoms with van der Waals surface area (Å²) in [6.45, 7) is 4.24. The van der Waals surface area contributed by atoms with E-state index in [1.54, 1.807) is 6.92 Å². The summed E-state index contributed by atoms with van der Waals surface area (Å²) in [6.07, 6.45) is 1.57. The molecule has 1 fully saturated rings. The van der Waals surface area contributed by atoms with Gasteiger partial charge < -0.3 is 20.6 Å². The molecule has 1 unspecified atom stereocenters. The number of rotatable bonds is 5. The van der Waals surface area contributed by atoms with Gasteiger partial charge in [0, 0.05) is 26.6 Å². The van der Waals surface area contributed by atoms with Crippen LogP contribution in [0.15, 0.2) is 0 Å². The minimum Gasteiger partial charge on any atom is -0.479 e. The summed E-state index contributed by atoms with van der Waals surface area (Å²) in [7, 11) is 0. The molecule has 0 saturated carbocycles. The second-order valence-electron chi connectivity index (χ2n) is 4.66. The van der Waals surface area contributed by atoms with Crippen LogP contribution in [0.2, 0.25) is 0 Å². The van der Waals surface area contributed by atoms with Gasteiger partial charge in [0.15, 0.2) is 0 Å². The van der Waals surface area contributed by atoms with Gasteiger partial charge in [-0.05, 0) is 19.3 Å². The molecule has 0 aromatic rings. The summed E-state index contributed by atoms with van der Waals surface area (Å²) >= 11 is 0. The predicted molar refractivity (Wildman–Crippen MR) is 68.7 cm³/mol. The Morgan fingerprint density at radius 1 is 1.26 bits per heavy atom. The number of carbonyl (C=O) groups excluding carboxylic acids is 2. The fraction of sp³-hybridized carbons (Fsp3) is 0.750. The van der Waals surface area contributed by atoms with Crippen LogP contribution in [0.1, 0.15) is 33.1 Å². The maximum absolute atomic E-state index is 12.0. The molecule has 0 aliphatic carbocycles. The molecule has 1 saturated heterocycles. The molecule has 0 bridgehead atoms. The van der Waals surface area contributed by atoms with Crippen molar-refractivity contribution in [2.45, 2.75) is 38.6 Å². The quantitative estimate of drug-likeness (QED) is 0.620. The van der Waals surface area contributed by atoms with Gasteiger partial charge in [-0.25, -0.2) is 9.59 Å². The molecule has 3 amide bonds. The van der Waals surface area contributed by atoms with Gasteiger partial charge in [0.05, 0.1) is 0 Å². The van der Waals surface area contributed by atoms with E-state index in [1.807, 2.05) is 0 Å². The number of nitrogens with zero attached hydrogens (tertiary/aromatic N) is 1. The van der Waals surface area contributed by atoms with E-state index >= 15 is 0 Å². The Hall–Kier alpha value is -1.79. The number of urea groups is 1. The molecule has 7 nitrogen and oxygen atoms in total. The van der Waals surface area contributed by atoms with Crippen LogP contribution in [0.5, 0.6) is 0 Å². The first-order valence-corrected chi connectivity index (χ1v) is 6.47. The Morgan fingerprint density at radius 3 is 2.42 bits per heavy atom. The number of amides is 3. The largest absolute Gasteiger partial charge is 0.479 e. The lowest BCUT2D eigenvalue weighted by atomic mass is 9.93. The van der Waals surface area contributed by atoms with Crippen molar-refractivity contribution < 1.29 is 19.5 Å². The fourth-order valence-corrected chi connectivity index (χ4v) is 2.42. The van der Waals surface area contributed by atoms with Crippen LogP contribution in [0.3, 0.4) is 0 Å². The standard InChI is InChI=1S/C12H21N3O4/c1-3-12(10(17)18)5-4-8-15(12)11(19)14-7-6-13-9(2)16/h3-8H2,1-2H3,(H,13,16)(H,14,19)(H,17,18). The van der Waals surface area contributed by atoms with Gasteiger partial charge in [0.2, 0.25) is 5.91 Å². The van der Waals surface area contributed by atoms with Crippen LogP contribution in [-0.4, -0.2) is 53.1 Å². The molecular weight excluding hydrogens is 250 g/mol. The predicted octanol–water partition coefficient (Wildman–Crippen LogP) is 0.161. The SMILES string of the molecule is CCC1(C(=O)O)CCCN1C(=O)NCCNC(C)=O. The molecule has 0 spiro atoms. The number of nitrogens with one attached hydrogen (secondary N) is 2. The van der Waals surface area contributed by atoms with Gasteiger partial charge in [-0.15, -0.1) is 0 Å². The Morgan fingerprint density at radius 2 is 1.89 bits per heavy atom. The average molecular weight is 271 g/mol. The van der Waals surface area contributed by atoms with Crippen LogP contribution in [0, 0.1) is 0 Å². The number of likely N-dealkylation sites (tertiary alicyclic amines) is 1. The van der Waals surface area contributed by atoms with Gasteiger partial charge in [-0.2, -0.15) is 0 Å². The Balaban J connectivity index is 2.55. The second-order valence-corrected chi connectivity index (χ2v) is 4.66. The molecule has 3 N–H and O–H groups in total. The van der Waals surface area contributed by atoms with E-state index in [1.165, 1.54) is 11.8 Å². The van der Waals surface area contributed by atoms with Crippen molar-refractivity contribution in [2.24, 2.45) is 0 Å². The lowest BCUT2D eigenvalue weighted by Gasteiger charge is -2.33. The Labute approximate surface area is 112 Å². The first kappa shape index (κ1) is 15.3. The van der Waals surface area contributed by atoms with Crippen LogP contribution in [-0.2, 0) is 9.59 Å². The number of hydrogen-bond donors (Lipinski definition) is 3. The lowest BCUT2D eigenvalue weighted by Crippen LogP contribution is -2.56. The first-order valence-electron chi connectivity index (χ1n) is 6.47. The van der Waals surface area contributed by atoms with E-state index in [9.17, 15) is 19.5 Å². The molecule has 108 valence electrons. The number of aliphatic carboxylic acids is 1. The van der Waals surface area contributed by atoms with E-state index in [0.29, 0.717) is 32.4 Å². The monoisotopic (exact) mass is 271 g/mol. The summed E-state index contributed by atoms with van der Waals surface area (Å²) in [5, 5.41) is 14.5. The lowest BCUT2D eigenvalue weighted by molar-refractivity contribution is -0.148. The average Bonchev–Trinajstić information content (AvgIpc) is 2.79. The summed E-state index contributed by atoms with van der Waals surface area (Å²) in [6, 6.07) is -0.382. The highest BCUT2D eigenvalue weighted by molar-refractivity contribution is 5.87. The highest BCUT2D eigenvalue weighted by atomic mass is 16.4. The van der Waals surface area contributed by atoms with Crippen molar-refractivity contribution in [1.82, 2.24) is 15.5 Å². The zero-order valence-corrected chi connectivity index (χ0v) is 11.4. The van der Waals surface area contributed by atoms with Gasteiger partial charge in [-0.3, -0.25) is 4.79 Å². The zero-order chi connectivity index (χ0) is 14.5.